The first-order valence-corrected chi connectivity index (χ1v) is 9.11. The number of nitro groups is 1. The summed E-state index contributed by atoms with van der Waals surface area (Å²) in [6, 6.07) is 5.71. The maximum Gasteiger partial charge on any atom is 0.355 e. The van der Waals surface area contributed by atoms with Crippen LogP contribution in [0.15, 0.2) is 51.6 Å². The van der Waals surface area contributed by atoms with E-state index >= 15 is 0 Å². The molecule has 142 valence electrons. The molecule has 3 heterocycles. The molecule has 0 bridgehead atoms. The van der Waals surface area contributed by atoms with Crippen LogP contribution in [0.3, 0.4) is 0 Å². The maximum atomic E-state index is 12.4. The van der Waals surface area contributed by atoms with Crippen molar-refractivity contribution >= 4 is 35.4 Å². The number of thioether (sulfide) groups is 1. The molecular weight excluding hydrogens is 386 g/mol. The summed E-state index contributed by atoms with van der Waals surface area (Å²) >= 11 is 1.33. The van der Waals surface area contributed by atoms with Gasteiger partial charge in [-0.2, -0.15) is 0 Å². The van der Waals surface area contributed by atoms with E-state index in [0.29, 0.717) is 22.7 Å². The third-order valence-electron chi connectivity index (χ3n) is 4.20. The smallest absolute Gasteiger partial charge is 0.355 e. The fourth-order valence-electron chi connectivity index (χ4n) is 2.80. The molecule has 2 aliphatic rings. The Bertz CT molecular complexity index is 1040. The van der Waals surface area contributed by atoms with Crippen LogP contribution >= 0.6 is 11.8 Å². The zero-order valence-corrected chi connectivity index (χ0v) is 15.3. The van der Waals surface area contributed by atoms with Crippen molar-refractivity contribution in [3.8, 4) is 0 Å². The van der Waals surface area contributed by atoms with Crippen molar-refractivity contribution in [2.75, 3.05) is 0 Å². The van der Waals surface area contributed by atoms with E-state index in [1.165, 1.54) is 47.2 Å². The highest BCUT2D eigenvalue weighted by Crippen LogP contribution is 2.45. The molecule has 0 radical (unpaired) electrons. The van der Waals surface area contributed by atoms with Gasteiger partial charge in [0.25, 0.3) is 11.6 Å². The van der Waals surface area contributed by atoms with Gasteiger partial charge in [-0.05, 0) is 23.8 Å². The minimum Gasteiger partial charge on any atom is -0.456 e. The van der Waals surface area contributed by atoms with Gasteiger partial charge < -0.3 is 9.15 Å². The summed E-state index contributed by atoms with van der Waals surface area (Å²) in [4.78, 5) is 40.4. The molecule has 9 nitrogen and oxygen atoms in total. The van der Waals surface area contributed by atoms with E-state index in [2.05, 4.69) is 4.98 Å². The zero-order chi connectivity index (χ0) is 19.8. The number of aryl methyl sites for hydroxylation is 1. The molecule has 2 aliphatic heterocycles. The Morgan fingerprint density at radius 2 is 2.18 bits per heavy atom. The van der Waals surface area contributed by atoms with Crippen LogP contribution in [0, 0.1) is 17.0 Å². The van der Waals surface area contributed by atoms with Gasteiger partial charge in [-0.1, -0.05) is 0 Å². The molecule has 0 spiro atoms. The SMILES string of the molecule is Cc1nc(C=C2C(=O)N3C(C(=O)OCc4ccc([N+](=O)[O-])cc4)=CSC23)co1. The average molecular weight is 399 g/mol. The minimum atomic E-state index is -0.627. The predicted octanol–water partition coefficient (Wildman–Crippen LogP) is 2.77. The van der Waals surface area contributed by atoms with Crippen molar-refractivity contribution in [1.82, 2.24) is 9.88 Å². The lowest BCUT2D eigenvalue weighted by atomic mass is 10.0. The number of nitro benzene ring substituents is 1. The zero-order valence-electron chi connectivity index (χ0n) is 14.5. The number of fused-ring (bicyclic) bond motifs is 1. The van der Waals surface area contributed by atoms with Gasteiger partial charge in [0.2, 0.25) is 0 Å². The van der Waals surface area contributed by atoms with E-state index in [9.17, 15) is 19.7 Å². The molecule has 1 unspecified atom stereocenters. The molecule has 0 N–H and O–H groups in total. The number of nitrogens with zero attached hydrogens (tertiary/aromatic N) is 3. The highest BCUT2D eigenvalue weighted by Gasteiger charge is 2.49. The Hall–Kier alpha value is -3.40. The lowest BCUT2D eigenvalue weighted by molar-refractivity contribution is -0.384. The number of amides is 1. The first-order valence-electron chi connectivity index (χ1n) is 8.17. The summed E-state index contributed by atoms with van der Waals surface area (Å²) in [7, 11) is 0. The summed E-state index contributed by atoms with van der Waals surface area (Å²) in [6.07, 6.45) is 3.11. The van der Waals surface area contributed by atoms with Crippen LogP contribution in [0.1, 0.15) is 17.1 Å². The number of oxazole rings is 1. The normalized spacial score (nSPS) is 19.2. The van der Waals surface area contributed by atoms with Crippen molar-refractivity contribution in [3.63, 3.8) is 0 Å². The number of aromatic nitrogens is 1. The summed E-state index contributed by atoms with van der Waals surface area (Å²) < 4.78 is 10.4. The average Bonchev–Trinajstić information content (AvgIpc) is 3.28. The molecule has 1 fully saturated rings. The topological polar surface area (TPSA) is 116 Å². The van der Waals surface area contributed by atoms with E-state index in [4.69, 9.17) is 9.15 Å². The quantitative estimate of drug-likeness (QED) is 0.248. The summed E-state index contributed by atoms with van der Waals surface area (Å²) in [6.45, 7) is 1.66. The fourth-order valence-corrected chi connectivity index (χ4v) is 3.92. The monoisotopic (exact) mass is 399 g/mol. The third-order valence-corrected chi connectivity index (χ3v) is 5.28. The summed E-state index contributed by atoms with van der Waals surface area (Å²) in [5.74, 6) is -0.407. The van der Waals surface area contributed by atoms with Gasteiger partial charge in [-0.15, -0.1) is 11.8 Å². The highest BCUT2D eigenvalue weighted by atomic mass is 32.2. The van der Waals surface area contributed by atoms with Gasteiger partial charge in [0.05, 0.1) is 10.5 Å². The molecule has 1 amide bonds. The third kappa shape index (κ3) is 3.18. The molecule has 0 aliphatic carbocycles. The summed E-state index contributed by atoms with van der Waals surface area (Å²) in [5, 5.41) is 12.0. The van der Waals surface area contributed by atoms with Crippen LogP contribution in [-0.4, -0.2) is 32.1 Å². The highest BCUT2D eigenvalue weighted by molar-refractivity contribution is 8.03. The molecule has 1 saturated heterocycles. The van der Waals surface area contributed by atoms with Gasteiger partial charge in [0.15, 0.2) is 5.89 Å². The molecular formula is C18H13N3O6S. The standard InChI is InChI=1S/C18H13N3O6S/c1-10-19-12(8-26-10)6-14-16(22)20-15(9-28-17(14)20)18(23)27-7-11-2-4-13(5-3-11)21(24)25/h2-6,8-9,17H,7H2,1H3. The van der Waals surface area contributed by atoms with E-state index in [1.54, 1.807) is 18.4 Å². The van der Waals surface area contributed by atoms with Crippen molar-refractivity contribution in [1.29, 1.82) is 0 Å². The van der Waals surface area contributed by atoms with E-state index < -0.39 is 10.9 Å². The van der Waals surface area contributed by atoms with Crippen molar-refractivity contribution in [3.05, 3.63) is 74.5 Å². The molecule has 10 heteroatoms. The molecule has 0 saturated carbocycles. The Labute approximate surface area is 162 Å². The molecule has 28 heavy (non-hydrogen) atoms. The lowest BCUT2D eigenvalue weighted by Gasteiger charge is -2.37. The van der Waals surface area contributed by atoms with E-state index in [-0.39, 0.29) is 29.3 Å². The van der Waals surface area contributed by atoms with Crippen LogP contribution in [0.4, 0.5) is 5.69 Å². The first kappa shape index (κ1) is 18.0. The number of hydrogen-bond donors (Lipinski definition) is 0. The Balaban J connectivity index is 1.38. The Kier molecular flexibility index (Phi) is 4.47. The van der Waals surface area contributed by atoms with Gasteiger partial charge >= 0.3 is 5.97 Å². The number of rotatable bonds is 5. The molecule has 1 atom stereocenters. The van der Waals surface area contributed by atoms with E-state index in [1.807, 2.05) is 0 Å². The fraction of sp³-hybridized carbons (Fsp3) is 0.167. The number of non-ortho nitro benzene ring substituents is 1. The van der Waals surface area contributed by atoms with Gasteiger partial charge in [0.1, 0.15) is 29.6 Å². The molecule has 1 aromatic carbocycles. The molecule has 4 rings (SSSR count). The number of β-lactam (4-membered cyclic amide) rings is 1. The minimum absolute atomic E-state index is 0.0411. The molecule has 1 aromatic heterocycles. The van der Waals surface area contributed by atoms with Crippen molar-refractivity contribution in [2.45, 2.75) is 18.9 Å². The summed E-state index contributed by atoms with van der Waals surface area (Å²) in [5.41, 5.74) is 1.83. The Morgan fingerprint density at radius 1 is 1.43 bits per heavy atom. The van der Waals surface area contributed by atoms with Gasteiger partial charge in [-0.25, -0.2) is 9.78 Å². The second-order valence-electron chi connectivity index (χ2n) is 6.06. The second-order valence-corrected chi connectivity index (χ2v) is 7.01. The lowest BCUT2D eigenvalue weighted by Crippen LogP contribution is -2.51. The first-order chi connectivity index (χ1) is 13.4. The number of ether oxygens (including phenoxy) is 1. The molecule has 2 aromatic rings. The van der Waals surface area contributed by atoms with Gasteiger partial charge in [-0.3, -0.25) is 19.8 Å². The number of carbonyl (C=O) groups is 2. The maximum absolute atomic E-state index is 12.4. The van der Waals surface area contributed by atoms with Crippen LogP contribution in [0.25, 0.3) is 6.08 Å². The van der Waals surface area contributed by atoms with Crippen LogP contribution in [0.2, 0.25) is 0 Å². The van der Waals surface area contributed by atoms with Crippen molar-refractivity contribution < 1.29 is 23.7 Å². The van der Waals surface area contributed by atoms with Crippen LogP contribution in [-0.2, 0) is 20.9 Å². The predicted molar refractivity (Wildman–Crippen MR) is 98.4 cm³/mol. The van der Waals surface area contributed by atoms with Crippen molar-refractivity contribution in [2.24, 2.45) is 0 Å². The van der Waals surface area contributed by atoms with E-state index in [0.717, 1.165) is 0 Å². The van der Waals surface area contributed by atoms with Crippen LogP contribution in [0.5, 0.6) is 0 Å². The number of hydrogen-bond acceptors (Lipinski definition) is 8. The Morgan fingerprint density at radius 3 is 2.82 bits per heavy atom. The largest absolute Gasteiger partial charge is 0.456 e. The number of esters is 1. The number of carbonyl (C=O) groups excluding carboxylic acids is 2. The second kappa shape index (κ2) is 6.97. The van der Waals surface area contributed by atoms with Gasteiger partial charge in [0, 0.05) is 24.5 Å². The number of benzene rings is 1. The van der Waals surface area contributed by atoms with Crippen LogP contribution < -0.4 is 0 Å².